The number of aliphatic hydroxyl groups excluding tert-OH is 1. The van der Waals surface area contributed by atoms with Crippen LogP contribution in [-0.4, -0.2) is 80.2 Å². The number of amides is 1. The molecule has 0 saturated carbocycles. The highest BCUT2D eigenvalue weighted by Gasteiger charge is 2.46. The number of methoxy groups -OCH3 is 2. The van der Waals surface area contributed by atoms with Gasteiger partial charge in [0.25, 0.3) is 11.7 Å². The summed E-state index contributed by atoms with van der Waals surface area (Å²) in [5.41, 5.74) is 2.25. The molecule has 0 aliphatic carbocycles. The number of nitrogens with zero attached hydrogens (tertiary/aromatic N) is 2. The van der Waals surface area contributed by atoms with Gasteiger partial charge in [-0.1, -0.05) is 35.9 Å². The third-order valence-electron chi connectivity index (χ3n) is 6.35. The molecule has 1 atom stereocenters. The fraction of sp³-hybridized carbons (Fsp3) is 0.385. The third kappa shape index (κ3) is 4.64. The maximum absolute atomic E-state index is 13.2. The molecule has 1 amide bonds. The smallest absolute Gasteiger partial charge is 0.295 e. The van der Waals surface area contributed by atoms with Crippen LogP contribution < -0.4 is 9.47 Å². The van der Waals surface area contributed by atoms with Crippen LogP contribution in [0.25, 0.3) is 5.76 Å². The van der Waals surface area contributed by atoms with E-state index >= 15 is 0 Å². The van der Waals surface area contributed by atoms with Crippen LogP contribution in [0.15, 0.2) is 48.0 Å². The van der Waals surface area contributed by atoms with Crippen molar-refractivity contribution in [2.24, 2.45) is 0 Å². The van der Waals surface area contributed by atoms with E-state index in [1.807, 2.05) is 19.1 Å². The van der Waals surface area contributed by atoms with Gasteiger partial charge in [0.2, 0.25) is 0 Å². The van der Waals surface area contributed by atoms with Crippen molar-refractivity contribution in [3.8, 4) is 11.5 Å². The highest BCUT2D eigenvalue weighted by atomic mass is 16.5. The Hall–Kier alpha value is -3.36. The monoisotopic (exact) mass is 466 g/mol. The van der Waals surface area contributed by atoms with E-state index in [0.29, 0.717) is 48.9 Å². The van der Waals surface area contributed by atoms with Crippen LogP contribution in [0.4, 0.5) is 0 Å². The lowest BCUT2D eigenvalue weighted by Crippen LogP contribution is -2.42. The summed E-state index contributed by atoms with van der Waals surface area (Å²) in [5, 5.41) is 11.2. The quantitative estimate of drug-likeness (QED) is 0.381. The Morgan fingerprint density at radius 2 is 1.68 bits per heavy atom. The molecule has 0 unspecified atom stereocenters. The maximum atomic E-state index is 13.2. The summed E-state index contributed by atoms with van der Waals surface area (Å²) < 4.78 is 16.2. The lowest BCUT2D eigenvalue weighted by atomic mass is 9.94. The fourth-order valence-corrected chi connectivity index (χ4v) is 4.42. The first kappa shape index (κ1) is 23.8. The molecular formula is C26H30N2O6. The Labute approximate surface area is 199 Å². The Balaban J connectivity index is 1.77. The second kappa shape index (κ2) is 10.3. The highest BCUT2D eigenvalue weighted by Crippen LogP contribution is 2.41. The first-order valence-corrected chi connectivity index (χ1v) is 11.3. The molecule has 2 saturated heterocycles. The molecule has 0 aromatic heterocycles. The van der Waals surface area contributed by atoms with Crippen LogP contribution in [0.2, 0.25) is 0 Å². The minimum Gasteiger partial charge on any atom is -0.507 e. The predicted octanol–water partition coefficient (Wildman–Crippen LogP) is 2.77. The number of ketones is 1. The number of likely N-dealkylation sites (tertiary alicyclic amines) is 1. The second-order valence-corrected chi connectivity index (χ2v) is 8.43. The van der Waals surface area contributed by atoms with Gasteiger partial charge >= 0.3 is 0 Å². The zero-order valence-corrected chi connectivity index (χ0v) is 19.7. The first-order valence-electron chi connectivity index (χ1n) is 11.3. The second-order valence-electron chi connectivity index (χ2n) is 8.43. The number of ether oxygens (including phenoxy) is 3. The minimum atomic E-state index is -0.748. The number of aliphatic hydroxyl groups is 1. The van der Waals surface area contributed by atoms with E-state index in [1.54, 1.807) is 42.3 Å². The number of carbonyl (C=O) groups is 2. The summed E-state index contributed by atoms with van der Waals surface area (Å²) in [6.07, 6.45) is 0. The van der Waals surface area contributed by atoms with E-state index < -0.39 is 17.7 Å². The SMILES string of the molecule is COc1ccc([C@@H]2C(=C(O)c3ccc(C)cc3)C(=O)C(=O)N2CCN2CCOCC2)cc1OC. The van der Waals surface area contributed by atoms with Crippen molar-refractivity contribution in [1.29, 1.82) is 0 Å². The Kier molecular flexibility index (Phi) is 7.19. The number of carbonyl (C=O) groups excluding carboxylic acids is 2. The summed E-state index contributed by atoms with van der Waals surface area (Å²) in [6.45, 7) is 5.72. The molecular weight excluding hydrogens is 436 g/mol. The van der Waals surface area contributed by atoms with Crippen LogP contribution in [0.5, 0.6) is 11.5 Å². The lowest BCUT2D eigenvalue weighted by Gasteiger charge is -2.31. The van der Waals surface area contributed by atoms with Crippen molar-refractivity contribution in [2.45, 2.75) is 13.0 Å². The summed E-state index contributed by atoms with van der Waals surface area (Å²) >= 11 is 0. The first-order chi connectivity index (χ1) is 16.4. The third-order valence-corrected chi connectivity index (χ3v) is 6.35. The molecule has 8 heteroatoms. The Morgan fingerprint density at radius 1 is 1.00 bits per heavy atom. The number of aryl methyl sites for hydroxylation is 1. The molecule has 34 heavy (non-hydrogen) atoms. The molecule has 8 nitrogen and oxygen atoms in total. The molecule has 2 aliphatic heterocycles. The van der Waals surface area contributed by atoms with E-state index in [2.05, 4.69) is 4.90 Å². The van der Waals surface area contributed by atoms with Gasteiger partial charge in [0.05, 0.1) is 39.0 Å². The van der Waals surface area contributed by atoms with E-state index in [1.165, 1.54) is 7.11 Å². The average molecular weight is 467 g/mol. The standard InChI is InChI=1S/C26H30N2O6/c1-17-4-6-18(7-5-17)24(29)22-23(19-8-9-20(32-2)21(16-19)33-3)28(26(31)25(22)30)11-10-27-12-14-34-15-13-27/h4-9,16,23,29H,10-15H2,1-3H3/t23-/m1/s1. The molecule has 2 heterocycles. The van der Waals surface area contributed by atoms with Crippen molar-refractivity contribution < 1.29 is 28.9 Å². The van der Waals surface area contributed by atoms with Crippen molar-refractivity contribution >= 4 is 17.4 Å². The summed E-state index contributed by atoms with van der Waals surface area (Å²) in [7, 11) is 3.08. The normalized spacial score (nSPS) is 20.6. The predicted molar refractivity (Wildman–Crippen MR) is 127 cm³/mol. The topological polar surface area (TPSA) is 88.5 Å². The summed E-state index contributed by atoms with van der Waals surface area (Å²) in [5.74, 6) is -0.488. The van der Waals surface area contributed by atoms with E-state index in [0.717, 1.165) is 18.7 Å². The lowest BCUT2D eigenvalue weighted by molar-refractivity contribution is -0.140. The van der Waals surface area contributed by atoms with Crippen LogP contribution in [0, 0.1) is 6.92 Å². The number of hydrogen-bond acceptors (Lipinski definition) is 7. The zero-order valence-electron chi connectivity index (χ0n) is 19.7. The van der Waals surface area contributed by atoms with Crippen molar-refractivity contribution in [3.63, 3.8) is 0 Å². The van der Waals surface area contributed by atoms with Crippen molar-refractivity contribution in [1.82, 2.24) is 9.80 Å². The van der Waals surface area contributed by atoms with Crippen LogP contribution in [0.1, 0.15) is 22.7 Å². The number of benzene rings is 2. The number of rotatable bonds is 7. The van der Waals surface area contributed by atoms with E-state index in [-0.39, 0.29) is 11.3 Å². The molecule has 180 valence electrons. The van der Waals surface area contributed by atoms with Gasteiger partial charge < -0.3 is 24.2 Å². The van der Waals surface area contributed by atoms with Crippen LogP contribution in [0.3, 0.4) is 0 Å². The largest absolute Gasteiger partial charge is 0.507 e. The number of hydrogen-bond donors (Lipinski definition) is 1. The molecule has 0 radical (unpaired) electrons. The average Bonchev–Trinajstić information content (AvgIpc) is 3.12. The van der Waals surface area contributed by atoms with Gasteiger partial charge in [-0.2, -0.15) is 0 Å². The Morgan fingerprint density at radius 3 is 2.32 bits per heavy atom. The maximum Gasteiger partial charge on any atom is 0.295 e. The van der Waals surface area contributed by atoms with Crippen LogP contribution in [-0.2, 0) is 14.3 Å². The molecule has 0 spiro atoms. The molecule has 2 aliphatic rings. The van der Waals surface area contributed by atoms with Crippen molar-refractivity contribution in [2.75, 3.05) is 53.6 Å². The fourth-order valence-electron chi connectivity index (χ4n) is 4.42. The molecule has 2 aromatic carbocycles. The Bertz CT molecular complexity index is 1090. The molecule has 0 bridgehead atoms. The summed E-state index contributed by atoms with van der Waals surface area (Å²) in [6, 6.07) is 11.7. The van der Waals surface area contributed by atoms with Crippen molar-refractivity contribution in [3.05, 3.63) is 64.7 Å². The van der Waals surface area contributed by atoms with Gasteiger partial charge in [0, 0.05) is 31.7 Å². The summed E-state index contributed by atoms with van der Waals surface area (Å²) in [4.78, 5) is 30.1. The van der Waals surface area contributed by atoms with Gasteiger partial charge in [-0.05, 0) is 24.6 Å². The van der Waals surface area contributed by atoms with Gasteiger partial charge in [0.1, 0.15) is 5.76 Å². The van der Waals surface area contributed by atoms with E-state index in [4.69, 9.17) is 14.2 Å². The zero-order chi connectivity index (χ0) is 24.2. The number of morpholine rings is 1. The van der Waals surface area contributed by atoms with E-state index in [9.17, 15) is 14.7 Å². The highest BCUT2D eigenvalue weighted by molar-refractivity contribution is 6.46. The molecule has 4 rings (SSSR count). The molecule has 2 fully saturated rings. The minimum absolute atomic E-state index is 0.0723. The van der Waals surface area contributed by atoms with Gasteiger partial charge in [0.15, 0.2) is 11.5 Å². The van der Waals surface area contributed by atoms with Crippen LogP contribution >= 0.6 is 0 Å². The van der Waals surface area contributed by atoms with Gasteiger partial charge in [-0.3, -0.25) is 14.5 Å². The number of Topliss-reactive ketones (excluding diaryl/α,β-unsaturated/α-hetero) is 1. The van der Waals surface area contributed by atoms with Gasteiger partial charge in [-0.25, -0.2) is 0 Å². The molecule has 2 aromatic rings. The van der Waals surface area contributed by atoms with Gasteiger partial charge in [-0.15, -0.1) is 0 Å². The molecule has 1 N–H and O–H groups in total.